The molecule has 0 fully saturated rings. The summed E-state index contributed by atoms with van der Waals surface area (Å²) >= 11 is 0. The number of likely N-dealkylation sites (N-methyl/N-ethyl adjacent to an activating group) is 1. The van der Waals surface area contributed by atoms with Crippen LogP contribution in [-0.2, 0) is 28.6 Å². The molecular weight excluding hydrogens is 691 g/mol. The van der Waals surface area contributed by atoms with E-state index in [1.165, 1.54) is 96.3 Å². The quantitative estimate of drug-likeness (QED) is 0.0286. The van der Waals surface area contributed by atoms with Crippen LogP contribution in [0.25, 0.3) is 0 Å². The van der Waals surface area contributed by atoms with Gasteiger partial charge in [-0.25, -0.2) is 4.79 Å². The molecule has 2 unspecified atom stereocenters. The fraction of sp³-hybridized carbons (Fsp3) is 0.809. The molecule has 8 nitrogen and oxygen atoms in total. The first-order chi connectivity index (χ1) is 26.6. The summed E-state index contributed by atoms with van der Waals surface area (Å²) in [6.45, 7) is 4.63. The standard InChI is InChI=1S/C47H85NO7/c1-6-8-10-12-14-16-18-20-22-23-24-26-28-30-32-34-36-38-46(50)55-43(41-53-40-39-44(47(51)52)48(3,4)5)42-54-45(49)37-35-33-31-29-27-25-21-19-17-15-13-11-9-7-2/h8,10,14,16,20,22,43-44H,6-7,9,11-13,15,17-19,21,23-42H2,1-5H3/p+1/b10-8-,16-14-,22-20-. The van der Waals surface area contributed by atoms with Crippen LogP contribution in [0.3, 0.4) is 0 Å². The van der Waals surface area contributed by atoms with Crippen LogP contribution in [-0.4, -0.2) is 80.6 Å². The molecule has 2 atom stereocenters. The molecule has 0 spiro atoms. The lowest BCUT2D eigenvalue weighted by molar-refractivity contribution is -0.887. The Labute approximate surface area is 338 Å². The first kappa shape index (κ1) is 52.6. The van der Waals surface area contributed by atoms with E-state index >= 15 is 0 Å². The first-order valence-electron chi connectivity index (χ1n) is 22.5. The lowest BCUT2D eigenvalue weighted by Gasteiger charge is -2.31. The van der Waals surface area contributed by atoms with Crippen molar-refractivity contribution in [3.8, 4) is 0 Å². The fourth-order valence-electron chi connectivity index (χ4n) is 6.58. The number of quaternary nitrogens is 1. The van der Waals surface area contributed by atoms with E-state index in [4.69, 9.17) is 14.2 Å². The number of allylic oxidation sites excluding steroid dienone is 6. The van der Waals surface area contributed by atoms with Gasteiger partial charge < -0.3 is 23.8 Å². The third-order valence-corrected chi connectivity index (χ3v) is 10.1. The number of carbonyl (C=O) groups is 3. The Morgan fingerprint density at radius 1 is 0.564 bits per heavy atom. The van der Waals surface area contributed by atoms with Gasteiger partial charge in [-0.05, 0) is 44.9 Å². The van der Waals surface area contributed by atoms with Crippen molar-refractivity contribution in [3.05, 3.63) is 36.5 Å². The van der Waals surface area contributed by atoms with Gasteiger partial charge in [0.1, 0.15) is 6.61 Å². The molecule has 0 aliphatic heterocycles. The molecule has 0 aliphatic carbocycles. The van der Waals surface area contributed by atoms with Crippen LogP contribution in [0.4, 0.5) is 0 Å². The highest BCUT2D eigenvalue weighted by atomic mass is 16.6. The molecule has 55 heavy (non-hydrogen) atoms. The van der Waals surface area contributed by atoms with Gasteiger partial charge in [0.15, 0.2) is 12.1 Å². The second-order valence-corrected chi connectivity index (χ2v) is 16.3. The summed E-state index contributed by atoms with van der Waals surface area (Å²) in [6, 6.07) is -0.614. The number of rotatable bonds is 40. The summed E-state index contributed by atoms with van der Waals surface area (Å²) < 4.78 is 17.3. The van der Waals surface area contributed by atoms with E-state index in [1.54, 1.807) is 0 Å². The molecule has 0 amide bonds. The molecule has 0 bridgehead atoms. The van der Waals surface area contributed by atoms with Gasteiger partial charge in [-0.15, -0.1) is 0 Å². The van der Waals surface area contributed by atoms with Crippen molar-refractivity contribution >= 4 is 17.9 Å². The zero-order chi connectivity index (χ0) is 40.7. The van der Waals surface area contributed by atoms with Crippen LogP contribution >= 0.6 is 0 Å². The zero-order valence-electron chi connectivity index (χ0n) is 36.4. The number of esters is 2. The number of aliphatic carboxylic acids is 1. The van der Waals surface area contributed by atoms with Crippen molar-refractivity contribution in [1.29, 1.82) is 0 Å². The zero-order valence-corrected chi connectivity index (χ0v) is 36.4. The molecule has 0 aromatic rings. The molecule has 8 heteroatoms. The minimum atomic E-state index is -0.876. The normalized spacial score (nSPS) is 13.3. The van der Waals surface area contributed by atoms with E-state index in [0.29, 0.717) is 19.3 Å². The van der Waals surface area contributed by atoms with Gasteiger partial charge in [0.2, 0.25) is 0 Å². The number of carbonyl (C=O) groups excluding carboxylic acids is 2. The Kier molecular flexibility index (Phi) is 36.7. The SMILES string of the molecule is CC/C=C\C/C=C\C/C=C\CCCCCCCCCC(=O)OC(COCCC(C(=O)O)[N+](C)(C)C)COC(=O)CCCCCCCCCCCCCCCC. The van der Waals surface area contributed by atoms with E-state index < -0.39 is 18.1 Å². The molecule has 0 saturated carbocycles. The van der Waals surface area contributed by atoms with Crippen LogP contribution < -0.4 is 0 Å². The van der Waals surface area contributed by atoms with Gasteiger partial charge in [-0.1, -0.05) is 166 Å². The number of hydrogen-bond acceptors (Lipinski definition) is 6. The maximum atomic E-state index is 12.7. The molecule has 320 valence electrons. The molecule has 0 saturated heterocycles. The minimum Gasteiger partial charge on any atom is -0.477 e. The highest BCUT2D eigenvalue weighted by Gasteiger charge is 2.31. The van der Waals surface area contributed by atoms with Crippen molar-refractivity contribution in [2.24, 2.45) is 0 Å². The number of carboxylic acid groups (broad SMARTS) is 1. The summed E-state index contributed by atoms with van der Waals surface area (Å²) in [5, 5.41) is 9.62. The van der Waals surface area contributed by atoms with Crippen LogP contribution in [0.1, 0.15) is 194 Å². The molecule has 0 aromatic carbocycles. The summed E-state index contributed by atoms with van der Waals surface area (Å²) in [5.74, 6) is -1.47. The third kappa shape index (κ3) is 36.9. The Balaban J connectivity index is 4.33. The summed E-state index contributed by atoms with van der Waals surface area (Å²) in [5.41, 5.74) is 0. The lowest BCUT2D eigenvalue weighted by Crippen LogP contribution is -2.50. The summed E-state index contributed by atoms with van der Waals surface area (Å²) in [4.78, 5) is 37.0. The molecule has 1 N–H and O–H groups in total. The Morgan fingerprint density at radius 3 is 1.51 bits per heavy atom. The van der Waals surface area contributed by atoms with E-state index in [1.807, 2.05) is 21.1 Å². The van der Waals surface area contributed by atoms with Crippen molar-refractivity contribution in [1.82, 2.24) is 0 Å². The Bertz CT molecular complexity index is 1000. The average Bonchev–Trinajstić information content (AvgIpc) is 3.14. The third-order valence-electron chi connectivity index (χ3n) is 10.1. The Hall–Kier alpha value is -2.45. The van der Waals surface area contributed by atoms with Gasteiger partial charge in [-0.2, -0.15) is 0 Å². The van der Waals surface area contributed by atoms with E-state index in [9.17, 15) is 19.5 Å². The van der Waals surface area contributed by atoms with E-state index in [0.717, 1.165) is 64.2 Å². The maximum Gasteiger partial charge on any atom is 0.362 e. The second-order valence-electron chi connectivity index (χ2n) is 16.3. The minimum absolute atomic E-state index is 0.0522. The van der Waals surface area contributed by atoms with Gasteiger partial charge in [-0.3, -0.25) is 9.59 Å². The predicted molar refractivity (Wildman–Crippen MR) is 229 cm³/mol. The summed E-state index contributed by atoms with van der Waals surface area (Å²) in [6.07, 6.45) is 43.2. The number of carboxylic acids is 1. The second kappa shape index (κ2) is 38.4. The number of unbranched alkanes of at least 4 members (excludes halogenated alkanes) is 20. The number of hydrogen-bond donors (Lipinski definition) is 1. The monoisotopic (exact) mass is 777 g/mol. The average molecular weight is 777 g/mol. The largest absolute Gasteiger partial charge is 0.477 e. The number of ether oxygens (including phenoxy) is 3. The molecule has 0 aromatic heterocycles. The van der Waals surface area contributed by atoms with Gasteiger partial charge >= 0.3 is 17.9 Å². The smallest absolute Gasteiger partial charge is 0.362 e. The lowest BCUT2D eigenvalue weighted by atomic mass is 10.0. The predicted octanol–water partition coefficient (Wildman–Crippen LogP) is 12.2. The van der Waals surface area contributed by atoms with Crippen LogP contribution in [0.5, 0.6) is 0 Å². The van der Waals surface area contributed by atoms with Crippen molar-refractivity contribution in [2.45, 2.75) is 206 Å². The van der Waals surface area contributed by atoms with Crippen molar-refractivity contribution in [3.63, 3.8) is 0 Å². The van der Waals surface area contributed by atoms with Crippen LogP contribution in [0.15, 0.2) is 36.5 Å². The van der Waals surface area contributed by atoms with Crippen LogP contribution in [0.2, 0.25) is 0 Å². The Morgan fingerprint density at radius 2 is 1.02 bits per heavy atom. The van der Waals surface area contributed by atoms with E-state index in [2.05, 4.69) is 50.3 Å². The fourth-order valence-corrected chi connectivity index (χ4v) is 6.58. The molecule has 0 heterocycles. The van der Waals surface area contributed by atoms with Crippen LogP contribution in [0, 0.1) is 0 Å². The van der Waals surface area contributed by atoms with Crippen molar-refractivity contribution in [2.75, 3.05) is 41.0 Å². The molecule has 0 rings (SSSR count). The molecular formula is C47H86NO7+. The molecule has 0 radical (unpaired) electrons. The topological polar surface area (TPSA) is 99.1 Å². The van der Waals surface area contributed by atoms with E-state index in [-0.39, 0.29) is 36.2 Å². The van der Waals surface area contributed by atoms with Gasteiger partial charge in [0, 0.05) is 19.3 Å². The van der Waals surface area contributed by atoms with Gasteiger partial charge in [0.05, 0.1) is 34.4 Å². The first-order valence-corrected chi connectivity index (χ1v) is 22.5. The van der Waals surface area contributed by atoms with Gasteiger partial charge in [0.25, 0.3) is 0 Å². The number of nitrogens with zero attached hydrogens (tertiary/aromatic N) is 1. The maximum absolute atomic E-state index is 12.7. The summed E-state index contributed by atoms with van der Waals surface area (Å²) in [7, 11) is 5.53. The van der Waals surface area contributed by atoms with Crippen molar-refractivity contribution < 1.29 is 38.2 Å². The highest BCUT2D eigenvalue weighted by molar-refractivity contribution is 5.72. The molecule has 0 aliphatic rings. The highest BCUT2D eigenvalue weighted by Crippen LogP contribution is 2.15.